The Morgan fingerprint density at radius 1 is 1.41 bits per heavy atom. The number of aliphatic hydroxyl groups is 1. The van der Waals surface area contributed by atoms with Crippen molar-refractivity contribution in [2.24, 2.45) is 5.92 Å². The third kappa shape index (κ3) is 5.16. The lowest BCUT2D eigenvalue weighted by Gasteiger charge is -2.30. The molecule has 1 amide bonds. The van der Waals surface area contributed by atoms with Crippen molar-refractivity contribution in [3.8, 4) is 6.07 Å². The van der Waals surface area contributed by atoms with Crippen LogP contribution < -0.4 is 10.6 Å². The van der Waals surface area contributed by atoms with E-state index in [1.54, 1.807) is 0 Å². The van der Waals surface area contributed by atoms with Crippen molar-refractivity contribution >= 4 is 5.91 Å². The summed E-state index contributed by atoms with van der Waals surface area (Å²) in [6, 6.07) is 2.22. The molecule has 2 atom stereocenters. The largest absolute Gasteiger partial charge is 0.396 e. The quantitative estimate of drug-likeness (QED) is 0.576. The lowest BCUT2D eigenvalue weighted by molar-refractivity contribution is -0.120. The van der Waals surface area contributed by atoms with E-state index >= 15 is 0 Å². The molecule has 0 aromatic heterocycles. The summed E-state index contributed by atoms with van der Waals surface area (Å²) >= 11 is 0. The molecule has 0 spiro atoms. The highest BCUT2D eigenvalue weighted by Gasteiger charge is 2.24. The number of nitriles is 1. The van der Waals surface area contributed by atoms with Gasteiger partial charge in [0.1, 0.15) is 0 Å². The molecule has 96 valence electrons. The van der Waals surface area contributed by atoms with Crippen molar-refractivity contribution in [2.75, 3.05) is 19.7 Å². The Labute approximate surface area is 102 Å². The van der Waals surface area contributed by atoms with E-state index in [1.807, 2.05) is 6.07 Å². The van der Waals surface area contributed by atoms with Gasteiger partial charge in [0, 0.05) is 19.2 Å². The molecule has 17 heavy (non-hydrogen) atoms. The molecule has 1 saturated carbocycles. The third-order valence-electron chi connectivity index (χ3n) is 3.23. The molecular weight excluding hydrogens is 218 g/mol. The van der Waals surface area contributed by atoms with Crippen LogP contribution >= 0.6 is 0 Å². The monoisotopic (exact) mass is 239 g/mol. The van der Waals surface area contributed by atoms with Crippen LogP contribution in [0.4, 0.5) is 0 Å². The fourth-order valence-corrected chi connectivity index (χ4v) is 2.24. The van der Waals surface area contributed by atoms with Crippen LogP contribution in [0.2, 0.25) is 0 Å². The van der Waals surface area contributed by atoms with Gasteiger partial charge in [-0.25, -0.2) is 0 Å². The van der Waals surface area contributed by atoms with Gasteiger partial charge in [0.05, 0.1) is 19.0 Å². The number of nitrogens with one attached hydrogen (secondary N) is 2. The number of hydrogen-bond acceptors (Lipinski definition) is 4. The molecule has 2 unspecified atom stereocenters. The molecule has 1 aliphatic carbocycles. The first-order valence-electron chi connectivity index (χ1n) is 6.25. The highest BCUT2D eigenvalue weighted by Crippen LogP contribution is 2.23. The number of carbonyl (C=O) groups is 1. The molecule has 1 fully saturated rings. The molecule has 0 heterocycles. The molecule has 0 saturated heterocycles. The molecule has 3 N–H and O–H groups in total. The molecule has 1 aliphatic rings. The first-order chi connectivity index (χ1) is 8.27. The predicted molar refractivity (Wildman–Crippen MR) is 64.1 cm³/mol. The third-order valence-corrected chi connectivity index (χ3v) is 3.23. The summed E-state index contributed by atoms with van der Waals surface area (Å²) in [5.41, 5.74) is 0. The van der Waals surface area contributed by atoms with Gasteiger partial charge >= 0.3 is 0 Å². The van der Waals surface area contributed by atoms with Gasteiger partial charge in [-0.05, 0) is 18.8 Å². The Morgan fingerprint density at radius 3 is 2.88 bits per heavy atom. The lowest BCUT2D eigenvalue weighted by Crippen LogP contribution is -2.45. The summed E-state index contributed by atoms with van der Waals surface area (Å²) in [6.45, 7) is 0.866. The summed E-state index contributed by atoms with van der Waals surface area (Å²) in [6.07, 6.45) is 4.72. The fraction of sp³-hybridized carbons (Fsp3) is 0.833. The van der Waals surface area contributed by atoms with Crippen LogP contribution in [0.3, 0.4) is 0 Å². The number of nitrogens with zero attached hydrogens (tertiary/aromatic N) is 1. The van der Waals surface area contributed by atoms with Crippen LogP contribution in [0.1, 0.15) is 32.1 Å². The van der Waals surface area contributed by atoms with Gasteiger partial charge in [-0.3, -0.25) is 4.79 Å². The van der Waals surface area contributed by atoms with Gasteiger partial charge in [-0.2, -0.15) is 5.26 Å². The SMILES string of the molecule is N#CCCNC(=O)CNC1CCCCC1CO. The topological polar surface area (TPSA) is 85.2 Å². The summed E-state index contributed by atoms with van der Waals surface area (Å²) in [5.74, 6) is 0.193. The van der Waals surface area contributed by atoms with E-state index < -0.39 is 0 Å². The standard InChI is InChI=1S/C12H21N3O2/c13-6-3-7-14-12(17)8-15-11-5-2-1-4-10(11)9-16/h10-11,15-16H,1-5,7-9H2,(H,14,17). The summed E-state index contributed by atoms with van der Waals surface area (Å²) < 4.78 is 0. The number of aliphatic hydroxyl groups excluding tert-OH is 1. The molecule has 0 aromatic rings. The van der Waals surface area contributed by atoms with Crippen LogP contribution in [-0.4, -0.2) is 36.8 Å². The second kappa shape index (κ2) is 8.04. The zero-order valence-electron chi connectivity index (χ0n) is 10.1. The molecule has 0 bridgehead atoms. The Kier molecular flexibility index (Phi) is 6.60. The van der Waals surface area contributed by atoms with Crippen molar-refractivity contribution in [2.45, 2.75) is 38.1 Å². The van der Waals surface area contributed by atoms with Gasteiger partial charge in [0.15, 0.2) is 0 Å². The van der Waals surface area contributed by atoms with E-state index in [1.165, 1.54) is 0 Å². The zero-order valence-corrected chi connectivity index (χ0v) is 10.1. The number of rotatable bonds is 6. The van der Waals surface area contributed by atoms with Gasteiger partial charge in [-0.15, -0.1) is 0 Å². The predicted octanol–water partition coefficient (Wildman–Crippen LogP) is 0.157. The molecular formula is C12H21N3O2. The Morgan fingerprint density at radius 2 is 2.18 bits per heavy atom. The van der Waals surface area contributed by atoms with E-state index in [0.717, 1.165) is 25.7 Å². The van der Waals surface area contributed by atoms with Crippen molar-refractivity contribution < 1.29 is 9.90 Å². The highest BCUT2D eigenvalue weighted by molar-refractivity contribution is 5.78. The van der Waals surface area contributed by atoms with Gasteiger partial charge < -0.3 is 15.7 Å². The Hall–Kier alpha value is -1.12. The van der Waals surface area contributed by atoms with E-state index in [0.29, 0.717) is 13.0 Å². The minimum Gasteiger partial charge on any atom is -0.396 e. The molecule has 1 rings (SSSR count). The van der Waals surface area contributed by atoms with Crippen LogP contribution in [0.15, 0.2) is 0 Å². The number of amides is 1. The van der Waals surface area contributed by atoms with Gasteiger partial charge in [0.2, 0.25) is 5.91 Å². The van der Waals surface area contributed by atoms with Crippen molar-refractivity contribution in [3.05, 3.63) is 0 Å². The molecule has 0 aliphatic heterocycles. The van der Waals surface area contributed by atoms with Crippen LogP contribution in [-0.2, 0) is 4.79 Å². The smallest absolute Gasteiger partial charge is 0.233 e. The summed E-state index contributed by atoms with van der Waals surface area (Å²) in [7, 11) is 0. The molecule has 5 heteroatoms. The van der Waals surface area contributed by atoms with E-state index in [2.05, 4.69) is 10.6 Å². The molecule has 5 nitrogen and oxygen atoms in total. The molecule has 0 aromatic carbocycles. The number of hydrogen-bond donors (Lipinski definition) is 3. The molecule has 0 radical (unpaired) electrons. The minimum absolute atomic E-state index is 0.0810. The minimum atomic E-state index is -0.0810. The maximum atomic E-state index is 11.4. The second-order valence-electron chi connectivity index (χ2n) is 4.47. The summed E-state index contributed by atoms with van der Waals surface area (Å²) in [4.78, 5) is 11.4. The van der Waals surface area contributed by atoms with Crippen LogP contribution in [0.25, 0.3) is 0 Å². The summed E-state index contributed by atoms with van der Waals surface area (Å²) in [5, 5.41) is 23.4. The lowest BCUT2D eigenvalue weighted by atomic mass is 9.85. The second-order valence-corrected chi connectivity index (χ2v) is 4.47. The normalized spacial score (nSPS) is 24.0. The van der Waals surface area contributed by atoms with E-state index in [4.69, 9.17) is 5.26 Å². The van der Waals surface area contributed by atoms with E-state index in [-0.39, 0.29) is 31.0 Å². The highest BCUT2D eigenvalue weighted by atomic mass is 16.3. The Balaban J connectivity index is 2.19. The maximum Gasteiger partial charge on any atom is 0.233 e. The van der Waals surface area contributed by atoms with Gasteiger partial charge in [-0.1, -0.05) is 12.8 Å². The number of carbonyl (C=O) groups excluding carboxylic acids is 1. The van der Waals surface area contributed by atoms with Crippen molar-refractivity contribution in [3.63, 3.8) is 0 Å². The van der Waals surface area contributed by atoms with Crippen LogP contribution in [0.5, 0.6) is 0 Å². The first kappa shape index (κ1) is 13.9. The maximum absolute atomic E-state index is 11.4. The average molecular weight is 239 g/mol. The fourth-order valence-electron chi connectivity index (χ4n) is 2.24. The zero-order chi connectivity index (χ0) is 12.5. The first-order valence-corrected chi connectivity index (χ1v) is 6.25. The Bertz CT molecular complexity index is 275. The van der Waals surface area contributed by atoms with Crippen molar-refractivity contribution in [1.82, 2.24) is 10.6 Å². The van der Waals surface area contributed by atoms with Crippen LogP contribution in [0, 0.1) is 17.2 Å². The van der Waals surface area contributed by atoms with Crippen molar-refractivity contribution in [1.29, 1.82) is 5.26 Å². The average Bonchev–Trinajstić information content (AvgIpc) is 2.37. The van der Waals surface area contributed by atoms with E-state index in [9.17, 15) is 9.90 Å². The van der Waals surface area contributed by atoms with Gasteiger partial charge in [0.25, 0.3) is 0 Å².